The average Bonchev–Trinajstić information content (AvgIpc) is 2.19. The van der Waals surface area contributed by atoms with E-state index in [-0.39, 0.29) is 10.8 Å². The topological polar surface area (TPSA) is 12.0 Å². The predicted molar refractivity (Wildman–Crippen MR) is 83.1 cm³/mol. The first kappa shape index (κ1) is 15.2. The number of halogens is 1. The molecule has 0 saturated carbocycles. The summed E-state index contributed by atoms with van der Waals surface area (Å²) in [6.07, 6.45) is 0. The van der Waals surface area contributed by atoms with Crippen LogP contribution in [0.2, 0.25) is 5.02 Å². The molecule has 0 fully saturated rings. The van der Waals surface area contributed by atoms with E-state index in [9.17, 15) is 0 Å². The highest BCUT2D eigenvalue weighted by Crippen LogP contribution is 2.40. The molecule has 0 amide bonds. The van der Waals surface area contributed by atoms with Gasteiger partial charge in [0.1, 0.15) is 0 Å². The molecule has 0 aromatic heterocycles. The largest absolute Gasteiger partial charge is 0.308 e. The van der Waals surface area contributed by atoms with E-state index in [0.29, 0.717) is 6.04 Å². The van der Waals surface area contributed by atoms with E-state index in [2.05, 4.69) is 56.8 Å². The molecule has 1 nitrogen and oxygen atoms in total. The van der Waals surface area contributed by atoms with Crippen molar-refractivity contribution in [3.8, 4) is 0 Å². The maximum atomic E-state index is 5.92. The highest BCUT2D eigenvalue weighted by Gasteiger charge is 2.30. The van der Waals surface area contributed by atoms with E-state index in [1.165, 1.54) is 5.56 Å². The quantitative estimate of drug-likeness (QED) is 0.600. The van der Waals surface area contributed by atoms with Gasteiger partial charge in [-0.05, 0) is 31.5 Å². The average molecular weight is 290 g/mol. The second kappa shape index (κ2) is 6.37. The Morgan fingerprint density at radius 3 is 2.18 bits per heavy atom. The highest BCUT2D eigenvalue weighted by atomic mass is 35.5. The summed E-state index contributed by atoms with van der Waals surface area (Å²) in [7, 11) is 1.57. The van der Waals surface area contributed by atoms with Gasteiger partial charge in [-0.25, -0.2) is 0 Å². The fraction of sp³-hybridized carbons (Fsp3) is 0.538. The molecule has 1 atom stereocenters. The van der Waals surface area contributed by atoms with Crippen LogP contribution in [0.5, 0.6) is 0 Å². The monoisotopic (exact) mass is 289 g/mol. The van der Waals surface area contributed by atoms with Crippen molar-refractivity contribution in [3.05, 3.63) is 34.9 Å². The summed E-state index contributed by atoms with van der Waals surface area (Å²) < 4.78 is 0. The van der Waals surface area contributed by atoms with E-state index < -0.39 is 0 Å². The number of rotatable bonds is 5. The van der Waals surface area contributed by atoms with Crippen LogP contribution in [-0.4, -0.2) is 11.6 Å². The fourth-order valence-electron chi connectivity index (χ4n) is 2.07. The molecule has 0 heterocycles. The van der Waals surface area contributed by atoms with Crippen molar-refractivity contribution in [1.29, 1.82) is 0 Å². The summed E-state index contributed by atoms with van der Waals surface area (Å²) in [4.78, 5) is 0. The van der Waals surface area contributed by atoms with E-state index >= 15 is 0 Å². The molecule has 0 aliphatic carbocycles. The molecule has 0 aliphatic heterocycles. The van der Waals surface area contributed by atoms with Crippen molar-refractivity contribution in [2.75, 3.05) is 0 Å². The summed E-state index contributed by atoms with van der Waals surface area (Å²) in [6, 6.07) is 8.44. The Balaban J connectivity index is 2.94. The third-order valence-electron chi connectivity index (χ3n) is 2.59. The Kier molecular flexibility index (Phi) is 5.71. The van der Waals surface area contributed by atoms with Gasteiger partial charge < -0.3 is 5.32 Å². The maximum Gasteiger partial charge on any atom is 0.0575 e. The first-order valence-corrected chi connectivity index (χ1v) is 8.01. The zero-order valence-electron chi connectivity index (χ0n) is 10.7. The number of benzene rings is 1. The van der Waals surface area contributed by atoms with E-state index in [1.54, 1.807) is 10.8 Å². The second-order valence-electron chi connectivity index (χ2n) is 5.06. The van der Waals surface area contributed by atoms with Gasteiger partial charge in [0.15, 0.2) is 0 Å². The van der Waals surface area contributed by atoms with Crippen LogP contribution in [0.3, 0.4) is 0 Å². The number of hydrogen-bond donors (Lipinski definition) is 2. The van der Waals surface area contributed by atoms with E-state index in [4.69, 9.17) is 11.6 Å². The lowest BCUT2D eigenvalue weighted by atomic mass is 9.93. The molecule has 4 heteroatoms. The molecule has 0 saturated heterocycles. The molecule has 1 unspecified atom stereocenters. The van der Waals surface area contributed by atoms with Gasteiger partial charge in [0.25, 0.3) is 0 Å². The molecule has 17 heavy (non-hydrogen) atoms. The van der Waals surface area contributed by atoms with Crippen molar-refractivity contribution in [2.45, 2.75) is 44.5 Å². The highest BCUT2D eigenvalue weighted by molar-refractivity contribution is 8.68. The van der Waals surface area contributed by atoms with Gasteiger partial charge in [0.05, 0.1) is 5.25 Å². The summed E-state index contributed by atoms with van der Waals surface area (Å²) >= 11 is 10.3. The van der Waals surface area contributed by atoms with Crippen molar-refractivity contribution in [1.82, 2.24) is 5.32 Å². The van der Waals surface area contributed by atoms with Crippen LogP contribution in [0.1, 0.15) is 38.5 Å². The lowest BCUT2D eigenvalue weighted by Crippen LogP contribution is -2.47. The molecule has 1 N–H and O–H groups in total. The van der Waals surface area contributed by atoms with Gasteiger partial charge in [0, 0.05) is 16.6 Å². The molecule has 0 spiro atoms. The smallest absolute Gasteiger partial charge is 0.0575 e. The number of nitrogens with one attached hydrogen (secondary N) is 1. The molecule has 0 aliphatic rings. The van der Waals surface area contributed by atoms with Crippen LogP contribution in [0.15, 0.2) is 24.3 Å². The van der Waals surface area contributed by atoms with Crippen LogP contribution in [0, 0.1) is 0 Å². The number of hydrogen-bond acceptors (Lipinski definition) is 3. The Bertz CT molecular complexity index is 349. The SMILES string of the molecule is CC(C)NC(C)(C)C(SS)c1ccc(Cl)cc1. The first-order valence-electron chi connectivity index (χ1n) is 5.70. The molecular formula is C13H20ClNS2. The lowest BCUT2D eigenvalue weighted by Gasteiger charge is -2.36. The second-order valence-corrected chi connectivity index (χ2v) is 6.81. The predicted octanol–water partition coefficient (Wildman–Crippen LogP) is 4.74. The van der Waals surface area contributed by atoms with Gasteiger partial charge in [0.2, 0.25) is 0 Å². The number of thiol groups is 1. The van der Waals surface area contributed by atoms with Crippen LogP contribution in [0.4, 0.5) is 0 Å². The van der Waals surface area contributed by atoms with E-state index in [0.717, 1.165) is 5.02 Å². The molecule has 96 valence electrons. The summed E-state index contributed by atoms with van der Waals surface area (Å²) in [5, 5.41) is 4.63. The standard InChI is InChI=1S/C13H20ClNS2/c1-9(2)15-13(3,4)12(17-16)10-5-7-11(14)8-6-10/h5-9,12,15-16H,1-4H3. The molecular weight excluding hydrogens is 270 g/mol. The summed E-state index contributed by atoms with van der Waals surface area (Å²) in [5.74, 6) is 0. The van der Waals surface area contributed by atoms with Crippen LogP contribution >= 0.6 is 34.1 Å². The van der Waals surface area contributed by atoms with Crippen molar-refractivity contribution in [2.24, 2.45) is 0 Å². The zero-order valence-corrected chi connectivity index (χ0v) is 13.2. The molecule has 0 radical (unpaired) electrons. The van der Waals surface area contributed by atoms with Crippen LogP contribution in [-0.2, 0) is 0 Å². The van der Waals surface area contributed by atoms with Crippen molar-refractivity contribution >= 4 is 34.1 Å². The zero-order chi connectivity index (χ0) is 13.1. The molecule has 1 aromatic rings. The normalized spacial score (nSPS) is 14.1. The minimum absolute atomic E-state index is 0.0194. The Morgan fingerprint density at radius 1 is 1.24 bits per heavy atom. The van der Waals surface area contributed by atoms with Gasteiger partial charge in [-0.2, -0.15) is 0 Å². The Hall–Kier alpha value is 0.170. The summed E-state index contributed by atoms with van der Waals surface area (Å²) in [5.41, 5.74) is 1.22. The van der Waals surface area contributed by atoms with Crippen molar-refractivity contribution in [3.63, 3.8) is 0 Å². The van der Waals surface area contributed by atoms with Crippen molar-refractivity contribution < 1.29 is 0 Å². The minimum atomic E-state index is -0.0194. The molecule has 1 aromatic carbocycles. The fourth-order valence-corrected chi connectivity index (χ4v) is 3.96. The van der Waals surface area contributed by atoms with Gasteiger partial charge in [-0.3, -0.25) is 0 Å². The van der Waals surface area contributed by atoms with E-state index in [1.807, 2.05) is 12.1 Å². The summed E-state index contributed by atoms with van der Waals surface area (Å²) in [6.45, 7) is 8.72. The molecule has 0 bridgehead atoms. The Morgan fingerprint density at radius 2 is 1.76 bits per heavy atom. The minimum Gasteiger partial charge on any atom is -0.308 e. The van der Waals surface area contributed by atoms with Gasteiger partial charge in [-0.1, -0.05) is 48.4 Å². The third kappa shape index (κ3) is 4.40. The first-order chi connectivity index (χ1) is 7.86. The lowest BCUT2D eigenvalue weighted by molar-refractivity contribution is 0.348. The van der Waals surface area contributed by atoms with Gasteiger partial charge in [-0.15, -0.1) is 11.7 Å². The van der Waals surface area contributed by atoms with Crippen LogP contribution < -0.4 is 5.32 Å². The maximum absolute atomic E-state index is 5.92. The third-order valence-corrected chi connectivity index (χ3v) is 4.55. The van der Waals surface area contributed by atoms with Crippen LogP contribution in [0.25, 0.3) is 0 Å². The Labute approximate surface area is 119 Å². The van der Waals surface area contributed by atoms with Gasteiger partial charge >= 0.3 is 0 Å². The molecule has 1 rings (SSSR count).